The summed E-state index contributed by atoms with van der Waals surface area (Å²) in [5.41, 5.74) is 6.90. The van der Waals surface area contributed by atoms with Gasteiger partial charge in [-0.25, -0.2) is 0 Å². The lowest BCUT2D eigenvalue weighted by atomic mass is 10.0. The van der Waals surface area contributed by atoms with E-state index >= 15 is 0 Å². The molecule has 2 nitrogen and oxygen atoms in total. The number of nitrogens with zero attached hydrogens (tertiary/aromatic N) is 1. The van der Waals surface area contributed by atoms with Gasteiger partial charge >= 0.3 is 0 Å². The summed E-state index contributed by atoms with van der Waals surface area (Å²) >= 11 is 0. The summed E-state index contributed by atoms with van der Waals surface area (Å²) in [4.78, 5) is 0. The first-order valence-corrected chi connectivity index (χ1v) is 5.76. The summed E-state index contributed by atoms with van der Waals surface area (Å²) in [6, 6.07) is 4.43. The topological polar surface area (TPSA) is 17.0 Å². The minimum atomic E-state index is 0.938. The maximum Gasteiger partial charge on any atom is 0.0515 e. The fourth-order valence-electron chi connectivity index (χ4n) is 2.55. The SMILES string of the molecule is CNCc1c(C)n(C)c2c(C)ccc(C)c12. The molecular weight excluding hydrogens is 196 g/mol. The Morgan fingerprint density at radius 2 is 1.75 bits per heavy atom. The Labute approximate surface area is 97.3 Å². The lowest BCUT2D eigenvalue weighted by Crippen LogP contribution is -2.06. The van der Waals surface area contributed by atoms with E-state index in [1.807, 2.05) is 7.05 Å². The van der Waals surface area contributed by atoms with Crippen molar-refractivity contribution in [2.24, 2.45) is 7.05 Å². The number of fused-ring (bicyclic) bond motifs is 1. The average Bonchev–Trinajstić information content (AvgIpc) is 2.50. The van der Waals surface area contributed by atoms with E-state index in [4.69, 9.17) is 0 Å². The van der Waals surface area contributed by atoms with E-state index in [1.165, 1.54) is 33.3 Å². The fraction of sp³-hybridized carbons (Fsp3) is 0.429. The molecule has 0 bridgehead atoms. The van der Waals surface area contributed by atoms with Crippen LogP contribution < -0.4 is 5.32 Å². The summed E-state index contributed by atoms with van der Waals surface area (Å²) in [6.07, 6.45) is 0. The van der Waals surface area contributed by atoms with Crippen LogP contribution in [-0.4, -0.2) is 11.6 Å². The minimum Gasteiger partial charge on any atom is -0.347 e. The van der Waals surface area contributed by atoms with Crippen LogP contribution in [0.25, 0.3) is 10.9 Å². The van der Waals surface area contributed by atoms with Crippen molar-refractivity contribution in [3.05, 3.63) is 34.5 Å². The first kappa shape index (κ1) is 11.2. The number of hydrogen-bond acceptors (Lipinski definition) is 1. The van der Waals surface area contributed by atoms with E-state index in [2.05, 4.69) is 49.8 Å². The Morgan fingerprint density at radius 3 is 2.38 bits per heavy atom. The molecule has 2 heteroatoms. The van der Waals surface area contributed by atoms with Crippen molar-refractivity contribution in [1.82, 2.24) is 9.88 Å². The van der Waals surface area contributed by atoms with Crippen LogP contribution in [0.1, 0.15) is 22.4 Å². The van der Waals surface area contributed by atoms with Gasteiger partial charge < -0.3 is 9.88 Å². The molecular formula is C14H20N2. The van der Waals surface area contributed by atoms with Gasteiger partial charge in [-0.15, -0.1) is 0 Å². The van der Waals surface area contributed by atoms with E-state index in [9.17, 15) is 0 Å². The highest BCUT2D eigenvalue weighted by molar-refractivity contribution is 5.90. The van der Waals surface area contributed by atoms with Gasteiger partial charge in [0.1, 0.15) is 0 Å². The molecule has 2 rings (SSSR count). The van der Waals surface area contributed by atoms with E-state index in [0.717, 1.165) is 6.54 Å². The Morgan fingerprint density at radius 1 is 1.12 bits per heavy atom. The first-order valence-electron chi connectivity index (χ1n) is 5.76. The number of aryl methyl sites for hydroxylation is 3. The number of nitrogens with one attached hydrogen (secondary N) is 1. The van der Waals surface area contributed by atoms with Crippen LogP contribution in [0.5, 0.6) is 0 Å². The highest BCUT2D eigenvalue weighted by Crippen LogP contribution is 2.30. The van der Waals surface area contributed by atoms with Gasteiger partial charge in [-0.05, 0) is 44.5 Å². The predicted molar refractivity (Wildman–Crippen MR) is 69.9 cm³/mol. The lowest BCUT2D eigenvalue weighted by Gasteiger charge is -2.04. The van der Waals surface area contributed by atoms with Crippen LogP contribution in [0.4, 0.5) is 0 Å². The van der Waals surface area contributed by atoms with Crippen molar-refractivity contribution in [2.75, 3.05) is 7.05 Å². The Hall–Kier alpha value is -1.28. The second-order valence-corrected chi connectivity index (χ2v) is 4.58. The third-order valence-electron chi connectivity index (χ3n) is 3.52. The van der Waals surface area contributed by atoms with Crippen LogP contribution in [0.2, 0.25) is 0 Å². The summed E-state index contributed by atoms with van der Waals surface area (Å²) < 4.78 is 2.31. The summed E-state index contributed by atoms with van der Waals surface area (Å²) in [7, 11) is 4.16. The van der Waals surface area contributed by atoms with Gasteiger partial charge in [0, 0.05) is 24.7 Å². The van der Waals surface area contributed by atoms with Crippen LogP contribution in [0.3, 0.4) is 0 Å². The maximum atomic E-state index is 3.26. The zero-order valence-electron chi connectivity index (χ0n) is 10.8. The number of hydrogen-bond donors (Lipinski definition) is 1. The molecule has 16 heavy (non-hydrogen) atoms. The zero-order valence-corrected chi connectivity index (χ0v) is 10.8. The van der Waals surface area contributed by atoms with Crippen molar-refractivity contribution < 1.29 is 0 Å². The molecule has 0 aliphatic rings. The molecule has 0 aliphatic carbocycles. The molecule has 0 saturated carbocycles. The third-order valence-corrected chi connectivity index (χ3v) is 3.52. The number of rotatable bonds is 2. The molecule has 0 radical (unpaired) electrons. The van der Waals surface area contributed by atoms with Crippen LogP contribution in [0.15, 0.2) is 12.1 Å². The Kier molecular flexibility index (Phi) is 2.76. The first-order chi connectivity index (χ1) is 7.57. The summed E-state index contributed by atoms with van der Waals surface area (Å²) in [5, 5.41) is 4.69. The van der Waals surface area contributed by atoms with E-state index < -0.39 is 0 Å². The molecule has 0 fully saturated rings. The maximum absolute atomic E-state index is 3.26. The van der Waals surface area contributed by atoms with Crippen molar-refractivity contribution >= 4 is 10.9 Å². The molecule has 0 amide bonds. The molecule has 1 aromatic heterocycles. The monoisotopic (exact) mass is 216 g/mol. The van der Waals surface area contributed by atoms with Gasteiger partial charge in [0.2, 0.25) is 0 Å². The molecule has 0 atom stereocenters. The van der Waals surface area contributed by atoms with Crippen molar-refractivity contribution in [3.63, 3.8) is 0 Å². The molecule has 1 aromatic carbocycles. The van der Waals surface area contributed by atoms with Crippen molar-refractivity contribution in [2.45, 2.75) is 27.3 Å². The average molecular weight is 216 g/mol. The molecule has 0 spiro atoms. The molecule has 2 aromatic rings. The van der Waals surface area contributed by atoms with Gasteiger partial charge in [-0.2, -0.15) is 0 Å². The quantitative estimate of drug-likeness (QED) is 0.817. The summed E-state index contributed by atoms with van der Waals surface area (Å²) in [6.45, 7) is 7.52. The predicted octanol–water partition coefficient (Wildman–Crippen LogP) is 2.82. The fourth-order valence-corrected chi connectivity index (χ4v) is 2.55. The van der Waals surface area contributed by atoms with Crippen molar-refractivity contribution in [3.8, 4) is 0 Å². The second-order valence-electron chi connectivity index (χ2n) is 4.58. The second kappa shape index (κ2) is 3.95. The van der Waals surface area contributed by atoms with Gasteiger partial charge in [0.15, 0.2) is 0 Å². The number of benzene rings is 1. The standard InChI is InChI=1S/C14H20N2/c1-9-6-7-10(2)14-13(9)12(8-15-4)11(3)16(14)5/h6-7,15H,8H2,1-5H3. The molecule has 1 N–H and O–H groups in total. The Balaban J connectivity index is 2.90. The van der Waals surface area contributed by atoms with E-state index in [0.29, 0.717) is 0 Å². The van der Waals surface area contributed by atoms with Crippen LogP contribution in [0, 0.1) is 20.8 Å². The minimum absolute atomic E-state index is 0.938. The van der Waals surface area contributed by atoms with Crippen molar-refractivity contribution in [1.29, 1.82) is 0 Å². The van der Waals surface area contributed by atoms with E-state index in [-0.39, 0.29) is 0 Å². The van der Waals surface area contributed by atoms with Crippen LogP contribution >= 0.6 is 0 Å². The molecule has 0 saturated heterocycles. The van der Waals surface area contributed by atoms with Gasteiger partial charge in [0.25, 0.3) is 0 Å². The lowest BCUT2D eigenvalue weighted by molar-refractivity contribution is 0.800. The van der Waals surface area contributed by atoms with Crippen LogP contribution in [-0.2, 0) is 13.6 Å². The van der Waals surface area contributed by atoms with Gasteiger partial charge in [-0.3, -0.25) is 0 Å². The Bertz CT molecular complexity index is 535. The zero-order chi connectivity index (χ0) is 11.9. The highest BCUT2D eigenvalue weighted by Gasteiger charge is 2.14. The molecule has 0 aliphatic heterocycles. The third kappa shape index (κ3) is 1.45. The highest BCUT2D eigenvalue weighted by atomic mass is 15.0. The van der Waals surface area contributed by atoms with E-state index in [1.54, 1.807) is 0 Å². The number of aromatic nitrogens is 1. The molecule has 0 unspecified atom stereocenters. The molecule has 1 heterocycles. The normalized spacial score (nSPS) is 11.3. The molecule has 86 valence electrons. The summed E-state index contributed by atoms with van der Waals surface area (Å²) in [5.74, 6) is 0. The van der Waals surface area contributed by atoms with Gasteiger partial charge in [0.05, 0.1) is 5.52 Å². The van der Waals surface area contributed by atoms with Gasteiger partial charge in [-0.1, -0.05) is 12.1 Å². The largest absolute Gasteiger partial charge is 0.347 e. The smallest absolute Gasteiger partial charge is 0.0515 e.